The third-order valence-electron chi connectivity index (χ3n) is 7.27. The summed E-state index contributed by atoms with van der Waals surface area (Å²) >= 11 is 0. The van der Waals surface area contributed by atoms with Crippen LogP contribution in [0.5, 0.6) is 0 Å². The van der Waals surface area contributed by atoms with Crippen LogP contribution in [0.15, 0.2) is 6.07 Å². The Morgan fingerprint density at radius 2 is 1.14 bits per heavy atom. The van der Waals surface area contributed by atoms with Crippen molar-refractivity contribution in [2.24, 2.45) is 5.73 Å². The van der Waals surface area contributed by atoms with Gasteiger partial charge in [-0.15, -0.1) is 0 Å². The van der Waals surface area contributed by atoms with Gasteiger partial charge in [-0.2, -0.15) is 0 Å². The molecular weight excluding hydrogens is 344 g/mol. The second kappa shape index (κ2) is 6.80. The predicted molar refractivity (Wildman–Crippen MR) is 119 cm³/mol. The molecule has 148 valence electrons. The lowest BCUT2D eigenvalue weighted by molar-refractivity contribution is 0.0992. The molecule has 0 aliphatic heterocycles. The van der Waals surface area contributed by atoms with Gasteiger partial charge in [-0.05, 0) is 124 Å². The van der Waals surface area contributed by atoms with Crippen LogP contribution in [-0.2, 0) is 6.54 Å². The van der Waals surface area contributed by atoms with E-state index in [9.17, 15) is 4.79 Å². The minimum Gasteiger partial charge on any atom is -0.364 e. The molecule has 0 radical (unpaired) electrons. The van der Waals surface area contributed by atoms with Gasteiger partial charge in [0.2, 0.25) is 0 Å². The average molecular weight is 377 g/mol. The van der Waals surface area contributed by atoms with Gasteiger partial charge in [0.15, 0.2) is 0 Å². The van der Waals surface area contributed by atoms with E-state index in [0.717, 1.165) is 10.9 Å². The summed E-state index contributed by atoms with van der Waals surface area (Å²) in [6.45, 7) is 20.2. The van der Waals surface area contributed by atoms with Crippen molar-refractivity contribution >= 4 is 16.8 Å². The average Bonchev–Trinajstić information content (AvgIpc) is 3.04. The summed E-state index contributed by atoms with van der Waals surface area (Å²) in [5, 5.41) is 1.13. The fourth-order valence-corrected chi connectivity index (χ4v) is 4.52. The van der Waals surface area contributed by atoms with Crippen molar-refractivity contribution in [3.8, 4) is 0 Å². The number of nitrogens with zero attached hydrogens (tertiary/aromatic N) is 1. The molecule has 0 bridgehead atoms. The number of carbonyl (C=O) groups is 1. The number of hydrogen-bond donors (Lipinski definition) is 1. The Morgan fingerprint density at radius 1 is 0.714 bits per heavy atom. The molecule has 3 nitrogen and oxygen atoms in total. The molecular formula is C25H32N2O. The molecule has 0 atom stereocenters. The lowest BCUT2D eigenvalue weighted by Crippen LogP contribution is -2.18. The number of aryl methyl sites for hydroxylation is 2. The summed E-state index contributed by atoms with van der Waals surface area (Å²) < 4.78 is 2.13. The zero-order valence-electron chi connectivity index (χ0n) is 18.7. The molecule has 2 N–H and O–H groups in total. The molecule has 0 fully saturated rings. The van der Waals surface area contributed by atoms with Gasteiger partial charge < -0.3 is 10.3 Å². The fraction of sp³-hybridized carbons (Fsp3) is 0.400. The Labute approximate surface area is 168 Å². The number of fused-ring (bicyclic) bond motifs is 1. The lowest BCUT2D eigenvalue weighted by atomic mass is 9.89. The second-order valence-corrected chi connectivity index (χ2v) is 8.35. The van der Waals surface area contributed by atoms with Gasteiger partial charge >= 0.3 is 0 Å². The van der Waals surface area contributed by atoms with E-state index < -0.39 is 0 Å². The molecule has 1 heterocycles. The van der Waals surface area contributed by atoms with Gasteiger partial charge in [0.25, 0.3) is 5.91 Å². The fourth-order valence-electron chi connectivity index (χ4n) is 4.52. The number of carbonyl (C=O) groups excluding carboxylic acids is 1. The van der Waals surface area contributed by atoms with Crippen LogP contribution in [0.3, 0.4) is 0 Å². The molecule has 0 unspecified atom stereocenters. The molecule has 0 aliphatic rings. The third-order valence-corrected chi connectivity index (χ3v) is 7.27. The number of primary amides is 1. The first kappa shape index (κ1) is 20.2. The maximum absolute atomic E-state index is 12.3. The predicted octanol–water partition coefficient (Wildman–Crippen LogP) is 5.56. The molecule has 0 saturated heterocycles. The Hall–Kier alpha value is -2.55. The number of hydrogen-bond acceptors (Lipinski definition) is 1. The highest BCUT2D eigenvalue weighted by atomic mass is 16.1. The number of benzene rings is 2. The van der Waals surface area contributed by atoms with Crippen molar-refractivity contribution in [1.29, 1.82) is 0 Å². The van der Waals surface area contributed by atoms with Crippen LogP contribution in [0.4, 0.5) is 0 Å². The molecule has 0 aliphatic carbocycles. The van der Waals surface area contributed by atoms with Gasteiger partial charge in [-0.25, -0.2) is 0 Å². The summed E-state index contributed by atoms with van der Waals surface area (Å²) in [4.78, 5) is 12.3. The zero-order valence-corrected chi connectivity index (χ0v) is 18.7. The van der Waals surface area contributed by atoms with E-state index in [4.69, 9.17) is 5.73 Å². The van der Waals surface area contributed by atoms with Crippen molar-refractivity contribution < 1.29 is 4.79 Å². The van der Waals surface area contributed by atoms with Crippen LogP contribution in [0.2, 0.25) is 0 Å². The van der Waals surface area contributed by atoms with Gasteiger partial charge in [0, 0.05) is 11.9 Å². The monoisotopic (exact) mass is 376 g/mol. The molecule has 3 rings (SSSR count). The van der Waals surface area contributed by atoms with E-state index in [1.165, 1.54) is 55.6 Å². The molecule has 0 spiro atoms. The maximum atomic E-state index is 12.3. The van der Waals surface area contributed by atoms with Crippen LogP contribution in [0, 0.1) is 62.3 Å². The number of rotatable bonds is 3. The van der Waals surface area contributed by atoms with Crippen LogP contribution in [0.1, 0.15) is 66.1 Å². The number of amides is 1. The minimum absolute atomic E-state index is 0.374. The first-order valence-electron chi connectivity index (χ1n) is 9.94. The van der Waals surface area contributed by atoms with Crippen LogP contribution in [-0.4, -0.2) is 10.5 Å². The summed E-state index contributed by atoms with van der Waals surface area (Å²) in [6.07, 6.45) is 0. The molecule has 1 aromatic heterocycles. The Balaban J connectivity index is 2.40. The SMILES string of the molecule is Cc1c(C)c(C)c(Cn2c(C(N)=O)cc3c(C)c(C)c(C)c(C)c32)c(C)c1C. The largest absolute Gasteiger partial charge is 0.364 e. The summed E-state index contributed by atoms with van der Waals surface area (Å²) in [7, 11) is 0. The van der Waals surface area contributed by atoms with E-state index in [-0.39, 0.29) is 5.91 Å². The molecule has 3 heteroatoms. The lowest BCUT2D eigenvalue weighted by Gasteiger charge is -2.21. The quantitative estimate of drug-likeness (QED) is 0.639. The topological polar surface area (TPSA) is 48.0 Å². The molecule has 0 saturated carbocycles. The van der Waals surface area contributed by atoms with Crippen LogP contribution < -0.4 is 5.73 Å². The van der Waals surface area contributed by atoms with E-state index in [1.807, 2.05) is 6.07 Å². The van der Waals surface area contributed by atoms with Gasteiger partial charge in [-0.3, -0.25) is 4.79 Å². The van der Waals surface area contributed by atoms with Gasteiger partial charge in [-0.1, -0.05) is 0 Å². The second-order valence-electron chi connectivity index (χ2n) is 8.35. The first-order chi connectivity index (χ1) is 13.0. The number of nitrogens with two attached hydrogens (primary N) is 1. The summed E-state index contributed by atoms with van der Waals surface area (Å²) in [5.41, 5.74) is 20.4. The van der Waals surface area contributed by atoms with Crippen molar-refractivity contribution in [2.75, 3.05) is 0 Å². The Kier molecular flexibility index (Phi) is 4.91. The maximum Gasteiger partial charge on any atom is 0.265 e. The normalized spacial score (nSPS) is 11.5. The van der Waals surface area contributed by atoms with E-state index in [2.05, 4.69) is 66.9 Å². The number of aromatic nitrogens is 1. The van der Waals surface area contributed by atoms with Gasteiger partial charge in [0.05, 0.1) is 5.52 Å². The Bertz CT molecular complexity index is 1120. The smallest absolute Gasteiger partial charge is 0.265 e. The first-order valence-corrected chi connectivity index (χ1v) is 9.94. The van der Waals surface area contributed by atoms with Crippen LogP contribution in [0.25, 0.3) is 10.9 Å². The van der Waals surface area contributed by atoms with E-state index in [0.29, 0.717) is 12.2 Å². The summed E-state index contributed by atoms with van der Waals surface area (Å²) in [6, 6.07) is 1.98. The van der Waals surface area contributed by atoms with E-state index in [1.54, 1.807) is 0 Å². The molecule has 1 amide bonds. The van der Waals surface area contributed by atoms with Crippen molar-refractivity contribution in [2.45, 2.75) is 68.9 Å². The highest BCUT2D eigenvalue weighted by Crippen LogP contribution is 2.34. The molecule has 28 heavy (non-hydrogen) atoms. The molecule has 3 aromatic rings. The molecule has 2 aromatic carbocycles. The van der Waals surface area contributed by atoms with E-state index >= 15 is 0 Å². The minimum atomic E-state index is -0.374. The highest BCUT2D eigenvalue weighted by Gasteiger charge is 2.21. The van der Waals surface area contributed by atoms with Crippen LogP contribution >= 0.6 is 0 Å². The third kappa shape index (κ3) is 2.76. The Morgan fingerprint density at radius 3 is 1.64 bits per heavy atom. The zero-order chi connectivity index (χ0) is 21.1. The van der Waals surface area contributed by atoms with Crippen molar-refractivity contribution in [1.82, 2.24) is 4.57 Å². The summed E-state index contributed by atoms with van der Waals surface area (Å²) in [5.74, 6) is -0.374. The van der Waals surface area contributed by atoms with Crippen molar-refractivity contribution in [3.63, 3.8) is 0 Å². The standard InChI is InChI=1S/C25H32N2O/c1-12-13(2)18(7)22(19(8)14(12)3)11-27-23(25(26)28)10-21-17(6)15(4)16(5)20(9)24(21)27/h10H,11H2,1-9H3,(H2,26,28). The highest BCUT2D eigenvalue weighted by molar-refractivity contribution is 6.00. The van der Waals surface area contributed by atoms with Gasteiger partial charge in [0.1, 0.15) is 5.69 Å². The van der Waals surface area contributed by atoms with Crippen molar-refractivity contribution in [3.05, 3.63) is 67.4 Å².